The van der Waals surface area contributed by atoms with Crippen LogP contribution < -0.4 is 5.32 Å². The van der Waals surface area contributed by atoms with Crippen LogP contribution in [0.25, 0.3) is 11.0 Å². The van der Waals surface area contributed by atoms with Crippen LogP contribution in [0, 0.1) is 5.92 Å². The van der Waals surface area contributed by atoms with Crippen LogP contribution in [-0.2, 0) is 0 Å². The summed E-state index contributed by atoms with van der Waals surface area (Å²) in [5.74, 6) is 1.34. The number of hydrogen-bond acceptors (Lipinski definition) is 4. The second kappa shape index (κ2) is 5.35. The van der Waals surface area contributed by atoms with E-state index in [4.69, 9.17) is 16.7 Å². The number of nitrogens with one attached hydrogen (secondary N) is 2. The Labute approximate surface area is 116 Å². The number of aliphatic hydroxyl groups is 1. The molecule has 2 heterocycles. The van der Waals surface area contributed by atoms with Gasteiger partial charge < -0.3 is 15.4 Å². The van der Waals surface area contributed by atoms with Crippen molar-refractivity contribution in [2.45, 2.75) is 31.7 Å². The van der Waals surface area contributed by atoms with Gasteiger partial charge in [-0.3, -0.25) is 0 Å². The van der Waals surface area contributed by atoms with E-state index in [-0.39, 0.29) is 6.61 Å². The molecule has 0 aliphatic heterocycles. The molecule has 5 nitrogen and oxygen atoms in total. The first kappa shape index (κ1) is 12.7. The Morgan fingerprint density at radius 2 is 2.32 bits per heavy atom. The van der Waals surface area contributed by atoms with Crippen LogP contribution in [-0.4, -0.2) is 32.7 Å². The van der Waals surface area contributed by atoms with Crippen molar-refractivity contribution in [2.75, 3.05) is 11.9 Å². The molecular weight excluding hydrogens is 264 g/mol. The van der Waals surface area contributed by atoms with Crippen molar-refractivity contribution in [3.8, 4) is 0 Å². The summed E-state index contributed by atoms with van der Waals surface area (Å²) < 4.78 is 0. The number of aromatic nitrogens is 3. The van der Waals surface area contributed by atoms with Crippen LogP contribution in [0.2, 0.25) is 5.15 Å². The molecule has 1 saturated carbocycles. The number of H-pyrrole nitrogens is 1. The topological polar surface area (TPSA) is 73.8 Å². The second-order valence-corrected chi connectivity index (χ2v) is 5.46. The van der Waals surface area contributed by atoms with Gasteiger partial charge in [0.25, 0.3) is 0 Å². The molecule has 0 spiro atoms. The standard InChI is InChI=1S/C13H17ClN4O/c14-11-6-9-12(15-7-16-13(9)18-11)17-10-3-1-2-8(10)4-5-19/h6-8,10,19H,1-5H2,(H2,15,16,17,18). The molecule has 1 aliphatic carbocycles. The Balaban J connectivity index is 1.84. The van der Waals surface area contributed by atoms with Crippen molar-refractivity contribution in [1.29, 1.82) is 0 Å². The lowest BCUT2D eigenvalue weighted by atomic mass is 10.00. The molecule has 1 aliphatic rings. The quantitative estimate of drug-likeness (QED) is 0.805. The van der Waals surface area contributed by atoms with Gasteiger partial charge in [0.2, 0.25) is 0 Å². The van der Waals surface area contributed by atoms with Gasteiger partial charge in [0.05, 0.1) is 5.39 Å². The fourth-order valence-electron chi connectivity index (χ4n) is 2.94. The van der Waals surface area contributed by atoms with Crippen molar-refractivity contribution >= 4 is 28.5 Å². The fraction of sp³-hybridized carbons (Fsp3) is 0.538. The predicted molar refractivity (Wildman–Crippen MR) is 75.4 cm³/mol. The highest BCUT2D eigenvalue weighted by molar-refractivity contribution is 6.30. The molecule has 0 aromatic carbocycles. The van der Waals surface area contributed by atoms with E-state index in [1.54, 1.807) is 0 Å². The molecule has 0 amide bonds. The van der Waals surface area contributed by atoms with E-state index in [0.29, 0.717) is 17.1 Å². The van der Waals surface area contributed by atoms with Crippen molar-refractivity contribution < 1.29 is 5.11 Å². The molecule has 0 saturated heterocycles. The third-order valence-electron chi connectivity index (χ3n) is 3.87. The Hall–Kier alpha value is -1.33. The highest BCUT2D eigenvalue weighted by Gasteiger charge is 2.27. The van der Waals surface area contributed by atoms with E-state index < -0.39 is 0 Å². The van der Waals surface area contributed by atoms with Crippen molar-refractivity contribution in [3.63, 3.8) is 0 Å². The van der Waals surface area contributed by atoms with E-state index in [1.807, 2.05) is 6.07 Å². The minimum Gasteiger partial charge on any atom is -0.396 e. The molecule has 2 aromatic rings. The van der Waals surface area contributed by atoms with Gasteiger partial charge in [-0.1, -0.05) is 18.0 Å². The third kappa shape index (κ3) is 2.53. The first-order valence-electron chi connectivity index (χ1n) is 6.64. The maximum Gasteiger partial charge on any atom is 0.144 e. The van der Waals surface area contributed by atoms with Crippen LogP contribution >= 0.6 is 11.6 Å². The SMILES string of the molecule is OCCC1CCCC1Nc1ncnc2[nH]c(Cl)cc12. The molecule has 2 atom stereocenters. The molecule has 3 N–H and O–H groups in total. The van der Waals surface area contributed by atoms with Gasteiger partial charge in [0, 0.05) is 12.6 Å². The molecule has 3 rings (SSSR count). The van der Waals surface area contributed by atoms with Gasteiger partial charge in [-0.15, -0.1) is 0 Å². The first-order valence-corrected chi connectivity index (χ1v) is 7.02. The minimum absolute atomic E-state index is 0.248. The van der Waals surface area contributed by atoms with E-state index >= 15 is 0 Å². The smallest absolute Gasteiger partial charge is 0.144 e. The summed E-state index contributed by atoms with van der Waals surface area (Å²) in [5, 5.41) is 14.1. The number of nitrogens with zero attached hydrogens (tertiary/aromatic N) is 2. The van der Waals surface area contributed by atoms with Gasteiger partial charge in [0.1, 0.15) is 22.9 Å². The summed E-state index contributed by atoms with van der Waals surface area (Å²) in [4.78, 5) is 11.5. The number of aliphatic hydroxyl groups excluding tert-OH is 1. The zero-order valence-corrected chi connectivity index (χ0v) is 11.3. The molecule has 2 aromatic heterocycles. The number of anilines is 1. The lowest BCUT2D eigenvalue weighted by Gasteiger charge is -2.21. The summed E-state index contributed by atoms with van der Waals surface area (Å²) >= 11 is 5.97. The number of halogens is 1. The Morgan fingerprint density at radius 1 is 1.42 bits per heavy atom. The van der Waals surface area contributed by atoms with Gasteiger partial charge in [-0.25, -0.2) is 9.97 Å². The number of rotatable bonds is 4. The monoisotopic (exact) mass is 280 g/mol. The highest BCUT2D eigenvalue weighted by Crippen LogP contribution is 2.32. The average Bonchev–Trinajstić information content (AvgIpc) is 2.97. The number of fused-ring (bicyclic) bond motifs is 1. The molecule has 19 heavy (non-hydrogen) atoms. The van der Waals surface area contributed by atoms with Crippen LogP contribution in [0.15, 0.2) is 12.4 Å². The normalized spacial score (nSPS) is 23.1. The van der Waals surface area contributed by atoms with Gasteiger partial charge >= 0.3 is 0 Å². The maximum absolute atomic E-state index is 9.11. The summed E-state index contributed by atoms with van der Waals surface area (Å²) in [6.45, 7) is 0.248. The Kier molecular flexibility index (Phi) is 3.57. The largest absolute Gasteiger partial charge is 0.396 e. The third-order valence-corrected chi connectivity index (χ3v) is 4.08. The van der Waals surface area contributed by atoms with E-state index in [0.717, 1.165) is 29.7 Å². The van der Waals surface area contributed by atoms with Crippen molar-refractivity contribution in [3.05, 3.63) is 17.5 Å². The number of aromatic amines is 1. The second-order valence-electron chi connectivity index (χ2n) is 5.06. The molecule has 102 valence electrons. The minimum atomic E-state index is 0.248. The molecular formula is C13H17ClN4O. The van der Waals surface area contributed by atoms with Gasteiger partial charge in [-0.05, 0) is 31.2 Å². The summed E-state index contributed by atoms with van der Waals surface area (Å²) in [5.41, 5.74) is 0.749. The lowest BCUT2D eigenvalue weighted by Crippen LogP contribution is -2.25. The van der Waals surface area contributed by atoms with Gasteiger partial charge in [0.15, 0.2) is 0 Å². The molecule has 2 unspecified atom stereocenters. The zero-order valence-electron chi connectivity index (χ0n) is 10.6. The van der Waals surface area contributed by atoms with Crippen LogP contribution in [0.1, 0.15) is 25.7 Å². The van der Waals surface area contributed by atoms with Crippen LogP contribution in [0.3, 0.4) is 0 Å². The lowest BCUT2D eigenvalue weighted by molar-refractivity contribution is 0.254. The highest BCUT2D eigenvalue weighted by atomic mass is 35.5. The van der Waals surface area contributed by atoms with E-state index in [1.165, 1.54) is 19.2 Å². The summed E-state index contributed by atoms with van der Waals surface area (Å²) in [6.07, 6.45) is 5.87. The number of hydrogen-bond donors (Lipinski definition) is 3. The van der Waals surface area contributed by atoms with Gasteiger partial charge in [-0.2, -0.15) is 0 Å². The van der Waals surface area contributed by atoms with E-state index in [2.05, 4.69) is 20.3 Å². The zero-order chi connectivity index (χ0) is 13.2. The Bertz CT molecular complexity index is 571. The van der Waals surface area contributed by atoms with E-state index in [9.17, 15) is 0 Å². The van der Waals surface area contributed by atoms with Crippen molar-refractivity contribution in [2.24, 2.45) is 5.92 Å². The van der Waals surface area contributed by atoms with Crippen LogP contribution in [0.5, 0.6) is 0 Å². The fourth-order valence-corrected chi connectivity index (χ4v) is 3.14. The summed E-state index contributed by atoms with van der Waals surface area (Å²) in [6, 6.07) is 2.22. The Morgan fingerprint density at radius 3 is 3.16 bits per heavy atom. The maximum atomic E-state index is 9.11. The van der Waals surface area contributed by atoms with Crippen LogP contribution in [0.4, 0.5) is 5.82 Å². The molecule has 0 radical (unpaired) electrons. The van der Waals surface area contributed by atoms with Crippen molar-refractivity contribution in [1.82, 2.24) is 15.0 Å². The first-order chi connectivity index (χ1) is 9.28. The summed E-state index contributed by atoms with van der Waals surface area (Å²) in [7, 11) is 0. The average molecular weight is 281 g/mol. The molecule has 0 bridgehead atoms. The predicted octanol–water partition coefficient (Wildman–Crippen LogP) is 2.57. The molecule has 1 fully saturated rings. The molecule has 6 heteroatoms.